The average Bonchev–Trinajstić information content (AvgIpc) is 3.19. The van der Waals surface area contributed by atoms with Crippen molar-refractivity contribution in [3.63, 3.8) is 0 Å². The SMILES string of the molecule is CCCCCCCCCCCCCCCC[N+](C)(CCCCCCCCCCCCCCCC)CCOc1cc(C)cc2c1C(=O)c1c(O)cc(OC)cc1C2=O.[Br-]. The molecule has 58 heavy (non-hydrogen) atoms. The van der Waals surface area contributed by atoms with Crippen molar-refractivity contribution >= 4 is 11.6 Å². The number of ether oxygens (including phenoxy) is 2. The molecule has 6 nitrogen and oxygen atoms in total. The smallest absolute Gasteiger partial charge is 0.201 e. The number of quaternary nitrogens is 1. The second-order valence-corrected chi connectivity index (χ2v) is 17.7. The van der Waals surface area contributed by atoms with E-state index in [2.05, 4.69) is 20.9 Å². The first-order valence-corrected chi connectivity index (χ1v) is 23.9. The van der Waals surface area contributed by atoms with Gasteiger partial charge < -0.3 is 36.0 Å². The molecule has 2 aromatic rings. The number of nitrogens with zero attached hydrogens (tertiary/aromatic N) is 1. The van der Waals surface area contributed by atoms with Crippen LogP contribution in [0.3, 0.4) is 0 Å². The van der Waals surface area contributed by atoms with Gasteiger partial charge in [-0.3, -0.25) is 9.59 Å². The molecule has 0 unspecified atom stereocenters. The first-order chi connectivity index (χ1) is 27.7. The van der Waals surface area contributed by atoms with Gasteiger partial charge in [0.2, 0.25) is 5.78 Å². The maximum absolute atomic E-state index is 13.8. The molecule has 1 aliphatic rings. The standard InChI is InChI=1S/C51H83NO5.BrH/c1-6-8-10-12-14-16-18-20-22-24-26-28-30-32-34-52(4,35-33-31-29-27-25-23-21-19-17-15-13-11-9-7-2)36-37-57-47-39-42(3)38-44-49(47)51(55)48-45(50(44)54)40-43(56-5)41-46(48)53;/h38-41H,6-37H2,1-5H3;1H. The number of methoxy groups -OCH3 is 1. The highest BCUT2D eigenvalue weighted by molar-refractivity contribution is 6.30. The van der Waals surface area contributed by atoms with Gasteiger partial charge in [0, 0.05) is 17.2 Å². The minimum atomic E-state index is -0.378. The number of carbonyl (C=O) groups excluding carboxylic acids is 2. The molecule has 3 rings (SSSR count). The monoisotopic (exact) mass is 870 g/mol. The van der Waals surface area contributed by atoms with Crippen molar-refractivity contribution in [1.82, 2.24) is 0 Å². The Balaban J connectivity index is 0.0000116. The molecule has 0 saturated heterocycles. The van der Waals surface area contributed by atoms with Crippen molar-refractivity contribution in [2.45, 2.75) is 201 Å². The fraction of sp³-hybridized carbons (Fsp3) is 0.725. The van der Waals surface area contributed by atoms with Gasteiger partial charge in [0.05, 0.1) is 38.4 Å². The van der Waals surface area contributed by atoms with Crippen LogP contribution in [0.15, 0.2) is 24.3 Å². The number of phenols is 1. The summed E-state index contributed by atoms with van der Waals surface area (Å²) < 4.78 is 12.7. The van der Waals surface area contributed by atoms with Crippen LogP contribution in [0.25, 0.3) is 0 Å². The Labute approximate surface area is 366 Å². The third-order valence-corrected chi connectivity index (χ3v) is 12.5. The number of likely N-dealkylation sites (N-methyl/N-ethyl adjacent to an activating group) is 1. The van der Waals surface area contributed by atoms with Crippen molar-refractivity contribution < 1.29 is 45.6 Å². The molecule has 7 heteroatoms. The molecule has 0 radical (unpaired) electrons. The molecule has 0 atom stereocenters. The third-order valence-electron chi connectivity index (χ3n) is 12.5. The highest BCUT2D eigenvalue weighted by Gasteiger charge is 2.36. The van der Waals surface area contributed by atoms with Gasteiger partial charge in [0.15, 0.2) is 5.78 Å². The number of benzene rings is 2. The quantitative estimate of drug-likeness (QED) is 0.0471. The van der Waals surface area contributed by atoms with E-state index in [1.807, 2.05) is 13.0 Å². The molecule has 0 bridgehead atoms. The van der Waals surface area contributed by atoms with E-state index in [1.54, 1.807) is 12.1 Å². The number of halogens is 1. The zero-order chi connectivity index (χ0) is 41.1. The summed E-state index contributed by atoms with van der Waals surface area (Å²) in [5.74, 6) is -0.140. The molecule has 1 aliphatic carbocycles. The molecule has 0 heterocycles. The van der Waals surface area contributed by atoms with Crippen molar-refractivity contribution in [3.8, 4) is 17.2 Å². The summed E-state index contributed by atoms with van der Waals surface area (Å²) >= 11 is 0. The lowest BCUT2D eigenvalue weighted by molar-refractivity contribution is -0.910. The first-order valence-electron chi connectivity index (χ1n) is 23.9. The van der Waals surface area contributed by atoms with Crippen LogP contribution >= 0.6 is 0 Å². The molecule has 0 fully saturated rings. The van der Waals surface area contributed by atoms with Crippen LogP contribution in [-0.4, -0.2) is 61.6 Å². The van der Waals surface area contributed by atoms with E-state index in [9.17, 15) is 14.7 Å². The largest absolute Gasteiger partial charge is 1.00 e. The summed E-state index contributed by atoms with van der Waals surface area (Å²) in [6.07, 6.45) is 38.2. The van der Waals surface area contributed by atoms with Crippen LogP contribution in [0.5, 0.6) is 17.2 Å². The predicted octanol–water partition coefficient (Wildman–Crippen LogP) is 11.3. The first kappa shape index (κ1) is 51.8. The molecule has 1 N–H and O–H groups in total. The predicted molar refractivity (Wildman–Crippen MR) is 240 cm³/mol. The van der Waals surface area contributed by atoms with E-state index in [4.69, 9.17) is 9.47 Å². The highest BCUT2D eigenvalue weighted by atomic mass is 79.9. The molecule has 0 amide bonds. The van der Waals surface area contributed by atoms with Gasteiger partial charge in [0.1, 0.15) is 30.4 Å². The van der Waals surface area contributed by atoms with E-state index >= 15 is 0 Å². The van der Waals surface area contributed by atoms with Gasteiger partial charge in [0.25, 0.3) is 0 Å². The van der Waals surface area contributed by atoms with Crippen molar-refractivity contribution in [2.75, 3.05) is 40.4 Å². The number of hydrogen-bond donors (Lipinski definition) is 1. The zero-order valence-corrected chi connectivity index (χ0v) is 39.4. The van der Waals surface area contributed by atoms with Crippen LogP contribution < -0.4 is 26.5 Å². The summed E-state index contributed by atoms with van der Waals surface area (Å²) in [6.45, 7) is 10.1. The number of hydrogen-bond acceptors (Lipinski definition) is 5. The minimum absolute atomic E-state index is 0. The Kier molecular flexibility index (Phi) is 27.3. The Hall–Kier alpha value is -2.38. The number of aryl methyl sites for hydroxylation is 1. The fourth-order valence-corrected chi connectivity index (χ4v) is 8.77. The number of aromatic hydroxyl groups is 1. The maximum atomic E-state index is 13.8. The molecule has 0 spiro atoms. The van der Waals surface area contributed by atoms with E-state index in [1.165, 1.54) is 193 Å². The minimum Gasteiger partial charge on any atom is -1.00 e. The van der Waals surface area contributed by atoms with Crippen LogP contribution in [0, 0.1) is 6.92 Å². The third kappa shape index (κ3) is 18.9. The lowest BCUT2D eigenvalue weighted by atomic mass is 9.82. The molecule has 0 saturated carbocycles. The number of phenolic OH excluding ortho intramolecular Hbond substituents is 1. The number of unbranched alkanes of at least 4 members (excludes halogenated alkanes) is 26. The summed E-state index contributed by atoms with van der Waals surface area (Å²) in [5.41, 5.74) is 1.65. The summed E-state index contributed by atoms with van der Waals surface area (Å²) in [4.78, 5) is 27.5. The maximum Gasteiger partial charge on any atom is 0.201 e. The van der Waals surface area contributed by atoms with Gasteiger partial charge >= 0.3 is 0 Å². The van der Waals surface area contributed by atoms with Gasteiger partial charge in [-0.15, -0.1) is 0 Å². The lowest BCUT2D eigenvalue weighted by Crippen LogP contribution is -3.00. The van der Waals surface area contributed by atoms with E-state index in [0.717, 1.165) is 29.7 Å². The van der Waals surface area contributed by atoms with Gasteiger partial charge in [-0.2, -0.15) is 0 Å². The van der Waals surface area contributed by atoms with E-state index in [0.29, 0.717) is 23.7 Å². The van der Waals surface area contributed by atoms with Crippen molar-refractivity contribution in [2.24, 2.45) is 0 Å². The Morgan fingerprint density at radius 3 is 1.33 bits per heavy atom. The second-order valence-electron chi connectivity index (χ2n) is 17.7. The highest BCUT2D eigenvalue weighted by Crippen LogP contribution is 2.40. The van der Waals surface area contributed by atoms with Crippen LogP contribution in [-0.2, 0) is 0 Å². The molecule has 2 aromatic carbocycles. The van der Waals surface area contributed by atoms with Crippen molar-refractivity contribution in [3.05, 3.63) is 52.1 Å². The number of rotatable bonds is 35. The topological polar surface area (TPSA) is 72.8 Å². The van der Waals surface area contributed by atoms with Crippen LogP contribution in [0.1, 0.15) is 231 Å². The normalized spacial score (nSPS) is 12.4. The van der Waals surface area contributed by atoms with Gasteiger partial charge in [-0.05, 0) is 56.4 Å². The second kappa shape index (κ2) is 30.6. The number of ketones is 2. The molecule has 0 aliphatic heterocycles. The molecular formula is C51H84BrNO5. The average molecular weight is 871 g/mol. The number of fused-ring (bicyclic) bond motifs is 2. The lowest BCUT2D eigenvalue weighted by Gasteiger charge is -2.35. The van der Waals surface area contributed by atoms with E-state index < -0.39 is 0 Å². The van der Waals surface area contributed by atoms with Crippen LogP contribution in [0.2, 0.25) is 0 Å². The molecule has 330 valence electrons. The van der Waals surface area contributed by atoms with Crippen LogP contribution in [0.4, 0.5) is 0 Å². The summed E-state index contributed by atoms with van der Waals surface area (Å²) in [5, 5.41) is 10.8. The Morgan fingerprint density at radius 1 is 0.517 bits per heavy atom. The van der Waals surface area contributed by atoms with Crippen molar-refractivity contribution in [1.29, 1.82) is 0 Å². The summed E-state index contributed by atoms with van der Waals surface area (Å²) in [7, 11) is 3.86. The Morgan fingerprint density at radius 2 is 0.914 bits per heavy atom. The van der Waals surface area contributed by atoms with Gasteiger partial charge in [-0.25, -0.2) is 0 Å². The van der Waals surface area contributed by atoms with E-state index in [-0.39, 0.29) is 51.0 Å². The molecular weight excluding hydrogens is 786 g/mol. The van der Waals surface area contributed by atoms with Gasteiger partial charge in [-0.1, -0.05) is 168 Å². The molecule has 0 aromatic heterocycles. The Bertz CT molecular complexity index is 1410. The number of carbonyl (C=O) groups is 2. The fourth-order valence-electron chi connectivity index (χ4n) is 8.77. The summed E-state index contributed by atoms with van der Waals surface area (Å²) in [6, 6.07) is 6.55. The zero-order valence-electron chi connectivity index (χ0n) is 37.8.